The first kappa shape index (κ1) is 18.3. The summed E-state index contributed by atoms with van der Waals surface area (Å²) in [5.41, 5.74) is 4.14. The minimum Gasteiger partial charge on any atom is -0.493 e. The van der Waals surface area contributed by atoms with Crippen molar-refractivity contribution in [2.45, 2.75) is 13.8 Å². The van der Waals surface area contributed by atoms with E-state index in [0.29, 0.717) is 18.1 Å². The lowest BCUT2D eigenvalue weighted by Crippen LogP contribution is -2.15. The summed E-state index contributed by atoms with van der Waals surface area (Å²) < 4.78 is 5.78. The van der Waals surface area contributed by atoms with Crippen LogP contribution in [0.2, 0.25) is 0 Å². The van der Waals surface area contributed by atoms with Gasteiger partial charge in [-0.25, -0.2) is 5.43 Å². The average Bonchev–Trinajstić information content (AvgIpc) is 2.68. The average molecular weight is 363 g/mol. The van der Waals surface area contributed by atoms with Gasteiger partial charge in [-0.3, -0.25) is 9.78 Å². The Morgan fingerprint density at radius 2 is 1.85 bits per heavy atom. The zero-order valence-electron chi connectivity index (χ0n) is 15.2. The van der Waals surface area contributed by atoms with Crippen LogP contribution in [0, 0.1) is 5.92 Å². The number of para-hydroxylation sites is 1. The number of hydrazone groups is 1. The summed E-state index contributed by atoms with van der Waals surface area (Å²) in [7, 11) is 0. The summed E-state index contributed by atoms with van der Waals surface area (Å²) in [6.45, 7) is 4.80. The van der Waals surface area contributed by atoms with Crippen molar-refractivity contribution in [3.05, 3.63) is 70.5 Å². The molecule has 0 saturated carbocycles. The van der Waals surface area contributed by atoms with Crippen LogP contribution in [0.1, 0.15) is 19.4 Å². The van der Waals surface area contributed by atoms with E-state index in [1.54, 1.807) is 18.3 Å². The highest BCUT2D eigenvalue weighted by atomic mass is 16.5. The van der Waals surface area contributed by atoms with Gasteiger partial charge in [0.15, 0.2) is 5.69 Å². The van der Waals surface area contributed by atoms with E-state index in [4.69, 9.17) is 4.74 Å². The van der Waals surface area contributed by atoms with Crippen LogP contribution < -0.4 is 15.7 Å². The van der Waals surface area contributed by atoms with Crippen molar-refractivity contribution >= 4 is 12.2 Å². The number of hydrogen-bond acceptors (Lipinski definition) is 6. The van der Waals surface area contributed by atoms with E-state index in [0.717, 1.165) is 11.3 Å². The van der Waals surface area contributed by atoms with Gasteiger partial charge in [0.1, 0.15) is 5.75 Å². The highest BCUT2D eigenvalue weighted by Gasteiger charge is 2.07. The lowest BCUT2D eigenvalue weighted by molar-refractivity contribution is 0.271. The SMILES string of the molecule is CC(C)COc1ccccc1/C=N/Nc1nnc(-c2ccccc2)c(=O)[nH]1. The third kappa shape index (κ3) is 5.01. The Hall–Kier alpha value is -3.48. The Morgan fingerprint density at radius 3 is 2.59 bits per heavy atom. The molecule has 0 fully saturated rings. The van der Waals surface area contributed by atoms with Crippen LogP contribution in [0.15, 0.2) is 64.5 Å². The van der Waals surface area contributed by atoms with Gasteiger partial charge in [0.25, 0.3) is 5.56 Å². The molecule has 2 aromatic carbocycles. The second-order valence-corrected chi connectivity index (χ2v) is 6.33. The molecule has 7 nitrogen and oxygen atoms in total. The number of nitrogens with one attached hydrogen (secondary N) is 2. The number of anilines is 1. The maximum Gasteiger partial charge on any atom is 0.279 e. The van der Waals surface area contributed by atoms with Crippen molar-refractivity contribution in [2.24, 2.45) is 11.0 Å². The zero-order valence-corrected chi connectivity index (χ0v) is 15.2. The van der Waals surface area contributed by atoms with E-state index >= 15 is 0 Å². The Bertz CT molecular complexity index is 967. The molecule has 2 N–H and O–H groups in total. The minimum atomic E-state index is -0.338. The van der Waals surface area contributed by atoms with Crippen LogP contribution in [0.5, 0.6) is 5.75 Å². The summed E-state index contributed by atoms with van der Waals surface area (Å²) in [4.78, 5) is 14.8. The Labute approximate surface area is 157 Å². The van der Waals surface area contributed by atoms with E-state index in [1.165, 1.54) is 0 Å². The molecule has 27 heavy (non-hydrogen) atoms. The maximum absolute atomic E-state index is 12.2. The van der Waals surface area contributed by atoms with Crippen molar-refractivity contribution in [1.82, 2.24) is 15.2 Å². The molecule has 0 unspecified atom stereocenters. The second kappa shape index (κ2) is 8.75. The van der Waals surface area contributed by atoms with Gasteiger partial charge in [0.05, 0.1) is 12.8 Å². The Morgan fingerprint density at radius 1 is 1.11 bits per heavy atom. The molecule has 0 atom stereocenters. The first-order valence-corrected chi connectivity index (χ1v) is 8.67. The molecule has 138 valence electrons. The fourth-order valence-corrected chi connectivity index (χ4v) is 2.31. The van der Waals surface area contributed by atoms with Gasteiger partial charge in [0.2, 0.25) is 5.95 Å². The molecule has 0 amide bonds. The molecule has 7 heteroatoms. The highest BCUT2D eigenvalue weighted by molar-refractivity contribution is 5.83. The highest BCUT2D eigenvalue weighted by Crippen LogP contribution is 2.17. The summed E-state index contributed by atoms with van der Waals surface area (Å²) in [6, 6.07) is 16.8. The fraction of sp³-hybridized carbons (Fsp3) is 0.200. The van der Waals surface area contributed by atoms with Gasteiger partial charge in [-0.05, 0) is 18.1 Å². The smallest absolute Gasteiger partial charge is 0.279 e. The van der Waals surface area contributed by atoms with Crippen molar-refractivity contribution in [2.75, 3.05) is 12.0 Å². The molecule has 0 bridgehead atoms. The molecule has 0 aliphatic heterocycles. The second-order valence-electron chi connectivity index (χ2n) is 6.33. The predicted octanol–water partition coefficient (Wildman–Crippen LogP) is 3.31. The predicted molar refractivity (Wildman–Crippen MR) is 106 cm³/mol. The summed E-state index contributed by atoms with van der Waals surface area (Å²) >= 11 is 0. The van der Waals surface area contributed by atoms with Crippen LogP contribution in [-0.2, 0) is 0 Å². The van der Waals surface area contributed by atoms with Gasteiger partial charge in [-0.2, -0.15) is 5.10 Å². The topological polar surface area (TPSA) is 92.3 Å². The number of rotatable bonds is 7. The van der Waals surface area contributed by atoms with Crippen molar-refractivity contribution in [3.8, 4) is 17.0 Å². The van der Waals surface area contributed by atoms with Crippen LogP contribution in [0.4, 0.5) is 5.95 Å². The van der Waals surface area contributed by atoms with E-state index in [2.05, 4.69) is 39.6 Å². The van der Waals surface area contributed by atoms with E-state index < -0.39 is 0 Å². The van der Waals surface area contributed by atoms with Gasteiger partial charge in [-0.15, -0.1) is 10.2 Å². The minimum absolute atomic E-state index is 0.163. The first-order valence-electron chi connectivity index (χ1n) is 8.67. The third-order valence-corrected chi connectivity index (χ3v) is 3.61. The lowest BCUT2D eigenvalue weighted by Gasteiger charge is -2.10. The largest absolute Gasteiger partial charge is 0.493 e. The summed E-state index contributed by atoms with van der Waals surface area (Å²) in [5.74, 6) is 1.34. The van der Waals surface area contributed by atoms with Crippen LogP contribution in [0.25, 0.3) is 11.3 Å². The number of ether oxygens (including phenoxy) is 1. The third-order valence-electron chi connectivity index (χ3n) is 3.61. The molecule has 3 rings (SSSR count). The van der Waals surface area contributed by atoms with Crippen molar-refractivity contribution in [1.29, 1.82) is 0 Å². The van der Waals surface area contributed by atoms with Gasteiger partial charge < -0.3 is 4.74 Å². The standard InChI is InChI=1S/C20H21N5O2/c1-14(2)13-27-17-11-7-6-10-16(17)12-21-24-20-22-19(26)18(23-25-20)15-8-4-3-5-9-15/h3-12,14H,13H2,1-2H3,(H2,22,24,25,26)/b21-12+. The molecule has 0 radical (unpaired) electrons. The molecule has 1 aromatic heterocycles. The molecular weight excluding hydrogens is 342 g/mol. The zero-order chi connectivity index (χ0) is 19.1. The number of aromatic amines is 1. The van der Waals surface area contributed by atoms with Gasteiger partial charge in [-0.1, -0.05) is 56.3 Å². The maximum atomic E-state index is 12.2. The molecule has 3 aromatic rings. The lowest BCUT2D eigenvalue weighted by atomic mass is 10.2. The number of aromatic nitrogens is 3. The van der Waals surface area contributed by atoms with Crippen LogP contribution >= 0.6 is 0 Å². The van der Waals surface area contributed by atoms with Gasteiger partial charge >= 0.3 is 0 Å². The van der Waals surface area contributed by atoms with E-state index in [9.17, 15) is 4.79 Å². The Balaban J connectivity index is 1.70. The normalized spacial score (nSPS) is 11.1. The molecule has 1 heterocycles. The molecule has 0 aliphatic rings. The molecule has 0 saturated heterocycles. The summed E-state index contributed by atoms with van der Waals surface area (Å²) in [6.07, 6.45) is 1.61. The molecular formula is C20H21N5O2. The van der Waals surface area contributed by atoms with Crippen molar-refractivity contribution < 1.29 is 4.74 Å². The summed E-state index contributed by atoms with van der Waals surface area (Å²) in [5, 5.41) is 12.1. The van der Waals surface area contributed by atoms with Crippen LogP contribution in [-0.4, -0.2) is 28.0 Å². The number of benzene rings is 2. The fourth-order valence-electron chi connectivity index (χ4n) is 2.31. The monoisotopic (exact) mass is 363 g/mol. The molecule has 0 aliphatic carbocycles. The van der Waals surface area contributed by atoms with Gasteiger partial charge in [0, 0.05) is 11.1 Å². The van der Waals surface area contributed by atoms with E-state index in [-0.39, 0.29) is 17.2 Å². The number of hydrogen-bond donors (Lipinski definition) is 2. The quantitative estimate of drug-likeness (QED) is 0.496. The number of nitrogens with zero attached hydrogens (tertiary/aromatic N) is 3. The number of H-pyrrole nitrogens is 1. The van der Waals surface area contributed by atoms with Crippen molar-refractivity contribution in [3.63, 3.8) is 0 Å². The Kier molecular flexibility index (Phi) is 5.94. The van der Waals surface area contributed by atoms with Crippen LogP contribution in [0.3, 0.4) is 0 Å². The first-order chi connectivity index (χ1) is 13.1. The van der Waals surface area contributed by atoms with E-state index in [1.807, 2.05) is 42.5 Å². The molecule has 0 spiro atoms.